The van der Waals surface area contributed by atoms with E-state index in [0.29, 0.717) is 17.1 Å². The molecule has 6 nitrogen and oxygen atoms in total. The maximum Gasteiger partial charge on any atom is 0.408 e. The van der Waals surface area contributed by atoms with Gasteiger partial charge >= 0.3 is 12.1 Å². The number of carbonyl (C=O) groups is 2. The third-order valence-corrected chi connectivity index (χ3v) is 4.40. The zero-order valence-corrected chi connectivity index (χ0v) is 18.7. The van der Waals surface area contributed by atoms with Gasteiger partial charge in [-0.15, -0.1) is 0 Å². The number of hydrogen-bond donors (Lipinski definition) is 1. The van der Waals surface area contributed by atoms with E-state index in [9.17, 15) is 9.59 Å². The molecule has 2 aromatic rings. The molecule has 0 aromatic heterocycles. The van der Waals surface area contributed by atoms with E-state index in [-0.39, 0.29) is 6.07 Å². The van der Waals surface area contributed by atoms with Crippen molar-refractivity contribution in [2.75, 3.05) is 6.07 Å². The minimum absolute atomic E-state index is 0.273. The molecule has 2 rings (SSSR count). The summed E-state index contributed by atoms with van der Waals surface area (Å²) in [5, 5.41) is 2.79. The second kappa shape index (κ2) is 9.85. The van der Waals surface area contributed by atoms with E-state index in [1.54, 1.807) is 58.9 Å². The van der Waals surface area contributed by atoms with Crippen molar-refractivity contribution in [2.24, 2.45) is 5.41 Å². The number of alkyl halides is 1. The lowest BCUT2D eigenvalue weighted by molar-refractivity contribution is -0.153. The highest BCUT2D eigenvalue weighted by molar-refractivity contribution is 6.17. The van der Waals surface area contributed by atoms with Crippen molar-refractivity contribution in [1.29, 1.82) is 0 Å². The molecule has 0 radical (unpaired) electrons. The molecule has 0 heterocycles. The number of esters is 1. The molecule has 0 saturated heterocycles. The molecule has 1 unspecified atom stereocenters. The minimum Gasteiger partial charge on any atom is -0.457 e. The summed E-state index contributed by atoms with van der Waals surface area (Å²) in [6.45, 7) is 8.66. The van der Waals surface area contributed by atoms with E-state index < -0.39 is 29.1 Å². The average molecular weight is 434 g/mol. The molecule has 0 aliphatic carbocycles. The van der Waals surface area contributed by atoms with Crippen molar-refractivity contribution in [2.45, 2.75) is 46.3 Å². The van der Waals surface area contributed by atoms with Gasteiger partial charge in [0.05, 0.1) is 11.5 Å². The second-order valence-corrected chi connectivity index (χ2v) is 8.54. The molecule has 0 saturated carbocycles. The van der Waals surface area contributed by atoms with Gasteiger partial charge < -0.3 is 19.5 Å². The van der Waals surface area contributed by atoms with Crippen LogP contribution in [0.15, 0.2) is 54.6 Å². The Bertz CT molecular complexity index is 844. The number of benzene rings is 2. The van der Waals surface area contributed by atoms with Crippen LogP contribution in [0.2, 0.25) is 0 Å². The molecular formula is C23H28ClNO5. The fourth-order valence-corrected chi connectivity index (χ4v) is 2.91. The summed E-state index contributed by atoms with van der Waals surface area (Å²) in [4.78, 5) is 25.0. The van der Waals surface area contributed by atoms with Crippen LogP contribution in [-0.2, 0) is 14.3 Å². The Morgan fingerprint density at radius 2 is 1.50 bits per heavy atom. The predicted octanol–water partition coefficient (Wildman–Crippen LogP) is 5.81. The van der Waals surface area contributed by atoms with Crippen LogP contribution in [0.25, 0.3) is 0 Å². The highest BCUT2D eigenvalue weighted by Gasteiger charge is 2.41. The van der Waals surface area contributed by atoms with Crippen LogP contribution in [0.3, 0.4) is 0 Å². The maximum atomic E-state index is 12.5. The molecule has 1 amide bonds. The Morgan fingerprint density at radius 3 is 2.03 bits per heavy atom. The van der Waals surface area contributed by atoms with Crippen molar-refractivity contribution < 1.29 is 23.8 Å². The summed E-state index contributed by atoms with van der Waals surface area (Å²) < 4.78 is 16.2. The van der Waals surface area contributed by atoms with E-state index in [1.807, 2.05) is 30.3 Å². The predicted molar refractivity (Wildman–Crippen MR) is 116 cm³/mol. The molecule has 162 valence electrons. The second-order valence-electron chi connectivity index (χ2n) is 8.33. The molecule has 0 bridgehead atoms. The zero-order chi connectivity index (χ0) is 22.4. The Hall–Kier alpha value is -2.73. The number of alkyl carbamates (subject to hydrolysis) is 1. The Labute approximate surface area is 182 Å². The van der Waals surface area contributed by atoms with E-state index in [2.05, 4.69) is 5.32 Å². The molecule has 0 aliphatic heterocycles. The van der Waals surface area contributed by atoms with Crippen LogP contribution in [0.5, 0.6) is 11.5 Å². The molecule has 1 atom stereocenters. The van der Waals surface area contributed by atoms with Crippen molar-refractivity contribution in [3.8, 4) is 11.5 Å². The number of ether oxygens (including phenoxy) is 3. The molecule has 0 aliphatic rings. The lowest BCUT2D eigenvalue weighted by Gasteiger charge is -2.33. The molecule has 0 spiro atoms. The van der Waals surface area contributed by atoms with E-state index in [1.165, 1.54) is 0 Å². The normalized spacial score (nSPS) is 12.6. The summed E-state index contributed by atoms with van der Waals surface area (Å²) in [6, 6.07) is 15.5. The molecule has 2 aromatic carbocycles. The SMILES string of the molecule is CC(C)(C)OC(=O)NC(c1ccc(Oc2ccccc2)cc1)C(C)(C)C(=O)OCCl. The van der Waals surface area contributed by atoms with Crippen LogP contribution in [0.1, 0.15) is 46.2 Å². The summed E-state index contributed by atoms with van der Waals surface area (Å²) in [7, 11) is 0. The molecular weight excluding hydrogens is 406 g/mol. The molecule has 0 fully saturated rings. The van der Waals surface area contributed by atoms with E-state index >= 15 is 0 Å². The first-order chi connectivity index (χ1) is 14.0. The largest absolute Gasteiger partial charge is 0.457 e. The summed E-state index contributed by atoms with van der Waals surface area (Å²) in [6.07, 6.45) is -0.635. The topological polar surface area (TPSA) is 73.9 Å². The van der Waals surface area contributed by atoms with Crippen molar-refractivity contribution >= 4 is 23.7 Å². The van der Waals surface area contributed by atoms with Crippen LogP contribution in [-0.4, -0.2) is 23.7 Å². The third-order valence-electron chi connectivity index (χ3n) is 4.29. The van der Waals surface area contributed by atoms with Crippen molar-refractivity contribution in [3.05, 3.63) is 60.2 Å². The number of rotatable bonds is 7. The quantitative estimate of drug-likeness (QED) is 0.440. The van der Waals surface area contributed by atoms with E-state index in [4.69, 9.17) is 25.8 Å². The first-order valence-corrected chi connectivity index (χ1v) is 10.1. The van der Waals surface area contributed by atoms with Crippen LogP contribution >= 0.6 is 11.6 Å². The zero-order valence-electron chi connectivity index (χ0n) is 17.9. The fraction of sp³-hybridized carbons (Fsp3) is 0.391. The van der Waals surface area contributed by atoms with E-state index in [0.717, 1.165) is 0 Å². The summed E-state index contributed by atoms with van der Waals surface area (Å²) in [5.74, 6) is 0.796. The third kappa shape index (κ3) is 6.66. The molecule has 1 N–H and O–H groups in total. The average Bonchev–Trinajstić information content (AvgIpc) is 2.66. The van der Waals surface area contributed by atoms with Gasteiger partial charge in [0.2, 0.25) is 0 Å². The van der Waals surface area contributed by atoms with Gasteiger partial charge in [-0.1, -0.05) is 41.9 Å². The van der Waals surface area contributed by atoms with Gasteiger partial charge in [0.25, 0.3) is 0 Å². The van der Waals surface area contributed by atoms with Gasteiger partial charge in [-0.2, -0.15) is 0 Å². The van der Waals surface area contributed by atoms with Gasteiger partial charge in [0, 0.05) is 0 Å². The Morgan fingerprint density at radius 1 is 0.933 bits per heavy atom. The van der Waals surface area contributed by atoms with Crippen LogP contribution in [0, 0.1) is 5.41 Å². The maximum absolute atomic E-state index is 12.5. The van der Waals surface area contributed by atoms with Gasteiger partial charge in [-0.25, -0.2) is 4.79 Å². The first-order valence-electron chi connectivity index (χ1n) is 9.58. The highest BCUT2D eigenvalue weighted by Crippen LogP contribution is 2.36. The van der Waals surface area contributed by atoms with Crippen molar-refractivity contribution in [1.82, 2.24) is 5.32 Å². The van der Waals surface area contributed by atoms with Gasteiger partial charge in [-0.3, -0.25) is 4.79 Å². The minimum atomic E-state index is -1.10. The molecule has 30 heavy (non-hydrogen) atoms. The Balaban J connectivity index is 2.28. The van der Waals surface area contributed by atoms with Crippen LogP contribution < -0.4 is 10.1 Å². The van der Waals surface area contributed by atoms with Crippen LogP contribution in [0.4, 0.5) is 4.79 Å². The Kier molecular flexibility index (Phi) is 7.73. The first kappa shape index (κ1) is 23.5. The lowest BCUT2D eigenvalue weighted by atomic mass is 9.80. The number of hydrogen-bond acceptors (Lipinski definition) is 5. The standard InChI is InChI=1S/C23H28ClNO5/c1-22(2,3)30-21(27)25-19(23(4,5)20(26)28-15-24)16-11-13-18(14-12-16)29-17-9-7-6-8-10-17/h6-14,19H,15H2,1-5H3,(H,25,27). The van der Waals surface area contributed by atoms with Gasteiger partial charge in [0.15, 0.2) is 6.07 Å². The van der Waals surface area contributed by atoms with Gasteiger partial charge in [0.1, 0.15) is 17.1 Å². The molecule has 7 heteroatoms. The van der Waals surface area contributed by atoms with Crippen molar-refractivity contribution in [3.63, 3.8) is 0 Å². The number of nitrogens with one attached hydrogen (secondary N) is 1. The highest BCUT2D eigenvalue weighted by atomic mass is 35.5. The number of amides is 1. The smallest absolute Gasteiger partial charge is 0.408 e. The number of halogens is 1. The number of para-hydroxylation sites is 1. The summed E-state index contributed by atoms with van der Waals surface area (Å²) >= 11 is 5.57. The fourth-order valence-electron chi connectivity index (χ4n) is 2.81. The number of carbonyl (C=O) groups excluding carboxylic acids is 2. The lowest BCUT2D eigenvalue weighted by Crippen LogP contribution is -2.44. The van der Waals surface area contributed by atoms with Gasteiger partial charge in [-0.05, 0) is 64.4 Å². The monoisotopic (exact) mass is 433 g/mol. The summed E-state index contributed by atoms with van der Waals surface area (Å²) in [5.41, 5.74) is -1.09.